The van der Waals surface area contributed by atoms with Crippen LogP contribution in [0.25, 0.3) is 11.0 Å². The van der Waals surface area contributed by atoms with E-state index in [1.165, 1.54) is 0 Å². The molecule has 0 amide bonds. The zero-order valence-corrected chi connectivity index (χ0v) is 12.1. The number of halogens is 1. The molecule has 0 radical (unpaired) electrons. The van der Waals surface area contributed by atoms with Crippen LogP contribution in [0.4, 0.5) is 0 Å². The molecule has 1 aromatic carbocycles. The zero-order valence-electron chi connectivity index (χ0n) is 11.3. The lowest BCUT2D eigenvalue weighted by Crippen LogP contribution is -2.34. The van der Waals surface area contributed by atoms with E-state index in [4.69, 9.17) is 21.6 Å². The van der Waals surface area contributed by atoms with Gasteiger partial charge in [0.2, 0.25) is 0 Å². The maximum Gasteiger partial charge on any atom is 0.125 e. The summed E-state index contributed by atoms with van der Waals surface area (Å²) in [7, 11) is 0. The summed E-state index contributed by atoms with van der Waals surface area (Å²) >= 11 is 6.02. The summed E-state index contributed by atoms with van der Waals surface area (Å²) in [4.78, 5) is 4.56. The Morgan fingerprint density at radius 2 is 2.30 bits per heavy atom. The fourth-order valence-corrected chi connectivity index (χ4v) is 3.02. The molecule has 1 heterocycles. The molecule has 0 aliphatic heterocycles. The van der Waals surface area contributed by atoms with Crippen LogP contribution < -0.4 is 0 Å². The van der Waals surface area contributed by atoms with Gasteiger partial charge in [-0.3, -0.25) is 0 Å². The van der Waals surface area contributed by atoms with E-state index in [0.717, 1.165) is 36.3 Å². The number of fused-ring (bicyclic) bond motifs is 1. The number of benzene rings is 1. The van der Waals surface area contributed by atoms with Crippen LogP contribution in [0.1, 0.15) is 37.2 Å². The number of nitrogens with zero attached hydrogens (tertiary/aromatic N) is 3. The quantitative estimate of drug-likeness (QED) is 0.811. The third-order valence-electron chi connectivity index (χ3n) is 3.85. The molecule has 0 saturated heterocycles. The number of nitriles is 1. The molecular formula is C15H16ClN3O. The Kier molecular flexibility index (Phi) is 3.64. The Balaban J connectivity index is 1.98. The molecule has 20 heavy (non-hydrogen) atoms. The number of alkyl halides is 1. The largest absolute Gasteiger partial charge is 0.378 e. The molecule has 0 N–H and O–H groups in total. The van der Waals surface area contributed by atoms with E-state index in [1.54, 1.807) is 6.07 Å². The number of ether oxygens (including phenoxy) is 1. The van der Waals surface area contributed by atoms with Gasteiger partial charge < -0.3 is 9.30 Å². The Labute approximate surface area is 122 Å². The second-order valence-electron chi connectivity index (χ2n) is 5.05. The predicted octanol–water partition coefficient (Wildman–Crippen LogP) is 3.39. The SMILES string of the molecule is CCOC1CC(n2c(CCl)nc3ccc(C#N)cc32)C1. The van der Waals surface area contributed by atoms with Gasteiger partial charge in [0.1, 0.15) is 5.82 Å². The highest BCUT2D eigenvalue weighted by Crippen LogP contribution is 2.38. The Morgan fingerprint density at radius 3 is 2.95 bits per heavy atom. The van der Waals surface area contributed by atoms with Crippen molar-refractivity contribution in [2.45, 2.75) is 37.8 Å². The smallest absolute Gasteiger partial charge is 0.125 e. The standard InChI is InChI=1S/C15H16ClN3O/c1-2-20-12-6-11(7-12)19-14-5-10(9-17)3-4-13(14)18-15(19)8-16/h3-5,11-12H,2,6-8H2,1H3. The maximum absolute atomic E-state index is 9.05. The molecule has 0 spiro atoms. The summed E-state index contributed by atoms with van der Waals surface area (Å²) in [6.45, 7) is 2.77. The van der Waals surface area contributed by atoms with Gasteiger partial charge in [-0.15, -0.1) is 11.6 Å². The van der Waals surface area contributed by atoms with Crippen LogP contribution >= 0.6 is 11.6 Å². The molecule has 104 valence electrons. The molecule has 3 rings (SSSR count). The van der Waals surface area contributed by atoms with Crippen molar-refractivity contribution in [2.24, 2.45) is 0 Å². The van der Waals surface area contributed by atoms with Gasteiger partial charge in [-0.1, -0.05) is 0 Å². The summed E-state index contributed by atoms with van der Waals surface area (Å²) in [6.07, 6.45) is 2.31. The lowest BCUT2D eigenvalue weighted by molar-refractivity contribution is -0.0192. The first-order chi connectivity index (χ1) is 9.76. The molecule has 5 heteroatoms. The van der Waals surface area contributed by atoms with Gasteiger partial charge in [-0.25, -0.2) is 4.98 Å². The molecule has 1 aromatic heterocycles. The van der Waals surface area contributed by atoms with Crippen molar-refractivity contribution in [3.8, 4) is 6.07 Å². The van der Waals surface area contributed by atoms with Crippen LogP contribution in [0.5, 0.6) is 0 Å². The summed E-state index contributed by atoms with van der Waals surface area (Å²) in [6, 6.07) is 8.13. The normalized spacial score (nSPS) is 21.6. The molecule has 1 fully saturated rings. The van der Waals surface area contributed by atoms with Gasteiger partial charge in [0, 0.05) is 12.6 Å². The molecule has 1 aliphatic carbocycles. The third-order valence-corrected chi connectivity index (χ3v) is 4.09. The lowest BCUT2D eigenvalue weighted by Gasteiger charge is -2.36. The topological polar surface area (TPSA) is 50.8 Å². The van der Waals surface area contributed by atoms with Crippen LogP contribution in [0.15, 0.2) is 18.2 Å². The summed E-state index contributed by atoms with van der Waals surface area (Å²) in [5, 5.41) is 9.05. The van der Waals surface area contributed by atoms with Crippen molar-refractivity contribution < 1.29 is 4.74 Å². The highest BCUT2D eigenvalue weighted by atomic mass is 35.5. The van der Waals surface area contributed by atoms with E-state index < -0.39 is 0 Å². The van der Waals surface area contributed by atoms with E-state index in [1.807, 2.05) is 19.1 Å². The maximum atomic E-state index is 9.05. The number of hydrogen-bond acceptors (Lipinski definition) is 3. The average Bonchev–Trinajstić information content (AvgIpc) is 2.79. The van der Waals surface area contributed by atoms with E-state index in [0.29, 0.717) is 23.6 Å². The predicted molar refractivity (Wildman–Crippen MR) is 77.7 cm³/mol. The summed E-state index contributed by atoms with van der Waals surface area (Å²) in [5.41, 5.74) is 2.56. The van der Waals surface area contributed by atoms with E-state index in [-0.39, 0.29) is 0 Å². The lowest BCUT2D eigenvalue weighted by atomic mass is 9.88. The first kappa shape index (κ1) is 13.4. The fraction of sp³-hybridized carbons (Fsp3) is 0.467. The highest BCUT2D eigenvalue weighted by molar-refractivity contribution is 6.16. The van der Waals surface area contributed by atoms with Crippen molar-refractivity contribution in [2.75, 3.05) is 6.61 Å². The minimum Gasteiger partial charge on any atom is -0.378 e. The van der Waals surface area contributed by atoms with Crippen LogP contribution in [-0.4, -0.2) is 22.3 Å². The second-order valence-corrected chi connectivity index (χ2v) is 5.32. The Hall–Kier alpha value is -1.57. The van der Waals surface area contributed by atoms with Gasteiger partial charge in [-0.05, 0) is 38.0 Å². The summed E-state index contributed by atoms with van der Waals surface area (Å²) in [5.74, 6) is 1.25. The number of imidazole rings is 1. The Bertz CT molecular complexity index is 668. The minimum absolute atomic E-state index is 0.338. The first-order valence-corrected chi connectivity index (χ1v) is 7.38. The van der Waals surface area contributed by atoms with Crippen molar-refractivity contribution in [3.63, 3.8) is 0 Å². The van der Waals surface area contributed by atoms with Crippen LogP contribution in [-0.2, 0) is 10.6 Å². The molecular weight excluding hydrogens is 274 g/mol. The molecule has 1 aliphatic rings. The van der Waals surface area contributed by atoms with Crippen LogP contribution in [0.3, 0.4) is 0 Å². The molecule has 4 nitrogen and oxygen atoms in total. The van der Waals surface area contributed by atoms with Gasteiger partial charge >= 0.3 is 0 Å². The molecule has 0 unspecified atom stereocenters. The number of hydrogen-bond donors (Lipinski definition) is 0. The second kappa shape index (κ2) is 5.43. The summed E-state index contributed by atoms with van der Waals surface area (Å²) < 4.78 is 7.80. The van der Waals surface area contributed by atoms with Gasteiger partial charge in [0.05, 0.1) is 34.7 Å². The first-order valence-electron chi connectivity index (χ1n) is 6.85. The monoisotopic (exact) mass is 289 g/mol. The van der Waals surface area contributed by atoms with E-state index in [9.17, 15) is 0 Å². The van der Waals surface area contributed by atoms with Crippen molar-refractivity contribution in [1.29, 1.82) is 5.26 Å². The molecule has 0 atom stereocenters. The number of rotatable bonds is 4. The van der Waals surface area contributed by atoms with Gasteiger partial charge in [0.25, 0.3) is 0 Å². The van der Waals surface area contributed by atoms with Crippen LogP contribution in [0, 0.1) is 11.3 Å². The van der Waals surface area contributed by atoms with Crippen LogP contribution in [0.2, 0.25) is 0 Å². The van der Waals surface area contributed by atoms with Gasteiger partial charge in [-0.2, -0.15) is 5.26 Å². The fourth-order valence-electron chi connectivity index (χ4n) is 2.83. The van der Waals surface area contributed by atoms with E-state index >= 15 is 0 Å². The van der Waals surface area contributed by atoms with Crippen molar-refractivity contribution in [3.05, 3.63) is 29.6 Å². The molecule has 2 aromatic rings. The minimum atomic E-state index is 0.338. The third kappa shape index (κ3) is 2.17. The molecule has 1 saturated carbocycles. The van der Waals surface area contributed by atoms with Gasteiger partial charge in [0.15, 0.2) is 0 Å². The highest BCUT2D eigenvalue weighted by Gasteiger charge is 2.33. The Morgan fingerprint density at radius 1 is 1.50 bits per heavy atom. The van der Waals surface area contributed by atoms with Crippen molar-refractivity contribution in [1.82, 2.24) is 9.55 Å². The van der Waals surface area contributed by atoms with E-state index in [2.05, 4.69) is 15.6 Å². The number of aromatic nitrogens is 2. The van der Waals surface area contributed by atoms with Crippen molar-refractivity contribution >= 4 is 22.6 Å². The molecule has 0 bridgehead atoms. The average molecular weight is 290 g/mol. The zero-order chi connectivity index (χ0) is 14.1.